The van der Waals surface area contributed by atoms with E-state index in [9.17, 15) is 4.79 Å². The Bertz CT molecular complexity index is 841. The van der Waals surface area contributed by atoms with Crippen molar-refractivity contribution in [1.82, 2.24) is 10.1 Å². The maximum Gasteiger partial charge on any atom is 0.228 e. The number of hydrogen-bond acceptors (Lipinski definition) is 4. The van der Waals surface area contributed by atoms with Crippen LogP contribution < -0.4 is 4.74 Å². The van der Waals surface area contributed by atoms with Gasteiger partial charge in [-0.3, -0.25) is 4.79 Å². The van der Waals surface area contributed by atoms with Crippen LogP contribution in [0, 0.1) is 6.92 Å². The number of nitrogens with zero attached hydrogens (tertiary/aromatic N) is 2. The van der Waals surface area contributed by atoms with E-state index >= 15 is 0 Å². The number of fused-ring (bicyclic) bond motifs is 1. The van der Waals surface area contributed by atoms with Crippen molar-refractivity contribution in [2.24, 2.45) is 0 Å². The molecule has 24 heavy (non-hydrogen) atoms. The molecule has 0 bridgehead atoms. The lowest BCUT2D eigenvalue weighted by Crippen LogP contribution is -2.32. The fraction of sp³-hybridized carbons (Fsp3) is 0.263. The zero-order valence-corrected chi connectivity index (χ0v) is 13.9. The third-order valence-electron chi connectivity index (χ3n) is 3.97. The number of aromatic nitrogens is 1. The Hall–Kier alpha value is -2.82. The van der Waals surface area contributed by atoms with Crippen molar-refractivity contribution in [2.75, 3.05) is 20.2 Å². The van der Waals surface area contributed by atoms with Crippen LogP contribution in [0.1, 0.15) is 11.3 Å². The summed E-state index contributed by atoms with van der Waals surface area (Å²) in [6.45, 7) is 2.97. The van der Waals surface area contributed by atoms with Gasteiger partial charge in [-0.25, -0.2) is 0 Å². The van der Waals surface area contributed by atoms with Crippen LogP contribution in [0.25, 0.3) is 11.0 Å². The number of benzene rings is 2. The lowest BCUT2D eigenvalue weighted by Gasteiger charge is -2.17. The summed E-state index contributed by atoms with van der Waals surface area (Å²) in [7, 11) is 1.77. The summed E-state index contributed by atoms with van der Waals surface area (Å²) in [5.74, 6) is 0.836. The first-order chi connectivity index (χ1) is 11.6. The van der Waals surface area contributed by atoms with Crippen LogP contribution in [-0.4, -0.2) is 36.2 Å². The number of ether oxygens (including phenoxy) is 1. The smallest absolute Gasteiger partial charge is 0.228 e. The summed E-state index contributed by atoms with van der Waals surface area (Å²) < 4.78 is 11.0. The third kappa shape index (κ3) is 3.56. The van der Waals surface area contributed by atoms with Gasteiger partial charge in [-0.1, -0.05) is 35.5 Å². The molecule has 1 aromatic heterocycles. The quantitative estimate of drug-likeness (QED) is 0.698. The van der Waals surface area contributed by atoms with Crippen molar-refractivity contribution in [3.63, 3.8) is 0 Å². The Morgan fingerprint density at radius 3 is 2.75 bits per heavy atom. The maximum absolute atomic E-state index is 12.4. The van der Waals surface area contributed by atoms with E-state index in [1.807, 2.05) is 55.5 Å². The Morgan fingerprint density at radius 1 is 1.17 bits per heavy atom. The number of carbonyl (C=O) groups excluding carboxylic acids is 1. The summed E-state index contributed by atoms with van der Waals surface area (Å²) in [5, 5.41) is 4.89. The molecule has 3 rings (SSSR count). The van der Waals surface area contributed by atoms with Crippen molar-refractivity contribution in [3.05, 3.63) is 59.8 Å². The van der Waals surface area contributed by atoms with Gasteiger partial charge in [0, 0.05) is 12.4 Å². The highest BCUT2D eigenvalue weighted by atomic mass is 16.5. The molecular formula is C19H20N2O3. The first kappa shape index (κ1) is 16.1. The molecule has 0 radical (unpaired) electrons. The molecule has 0 saturated carbocycles. The number of likely N-dealkylation sites (N-methyl/N-ethyl adjacent to an activating group) is 1. The summed E-state index contributed by atoms with van der Waals surface area (Å²) in [5.41, 5.74) is 2.45. The Labute approximate surface area is 140 Å². The van der Waals surface area contributed by atoms with E-state index < -0.39 is 0 Å². The maximum atomic E-state index is 12.4. The highest BCUT2D eigenvalue weighted by molar-refractivity contribution is 5.86. The SMILES string of the molecule is Cc1ccccc1OCCN(C)C(=O)Cc1noc2ccccc12. The second-order valence-corrected chi connectivity index (χ2v) is 5.73. The van der Waals surface area contributed by atoms with Crippen molar-refractivity contribution in [1.29, 1.82) is 0 Å². The zero-order chi connectivity index (χ0) is 16.9. The molecule has 0 aliphatic rings. The Kier molecular flexibility index (Phi) is 4.79. The molecule has 1 heterocycles. The van der Waals surface area contributed by atoms with Crippen molar-refractivity contribution < 1.29 is 14.1 Å². The van der Waals surface area contributed by atoms with Crippen LogP contribution in [0.2, 0.25) is 0 Å². The lowest BCUT2D eigenvalue weighted by atomic mass is 10.1. The predicted octanol–water partition coefficient (Wildman–Crippen LogP) is 3.22. The van der Waals surface area contributed by atoms with Crippen LogP contribution >= 0.6 is 0 Å². The first-order valence-corrected chi connectivity index (χ1v) is 7.91. The highest BCUT2D eigenvalue weighted by Crippen LogP contribution is 2.19. The van der Waals surface area contributed by atoms with E-state index in [0.29, 0.717) is 24.4 Å². The molecule has 0 fully saturated rings. The average Bonchev–Trinajstić information content (AvgIpc) is 2.99. The molecule has 3 aromatic rings. The number of para-hydroxylation sites is 2. The van der Waals surface area contributed by atoms with Gasteiger partial charge in [-0.05, 0) is 30.7 Å². The standard InChI is InChI=1S/C19H20N2O3/c1-14-7-3-5-9-17(14)23-12-11-21(2)19(22)13-16-15-8-4-6-10-18(15)24-20-16/h3-10H,11-13H2,1-2H3. The predicted molar refractivity (Wildman–Crippen MR) is 92.0 cm³/mol. The van der Waals surface area contributed by atoms with E-state index in [1.54, 1.807) is 11.9 Å². The summed E-state index contributed by atoms with van der Waals surface area (Å²) in [4.78, 5) is 14.0. The van der Waals surface area contributed by atoms with E-state index in [1.165, 1.54) is 0 Å². The van der Waals surface area contributed by atoms with Gasteiger partial charge in [-0.2, -0.15) is 0 Å². The number of carbonyl (C=O) groups is 1. The lowest BCUT2D eigenvalue weighted by molar-refractivity contribution is -0.129. The fourth-order valence-electron chi connectivity index (χ4n) is 2.48. The molecule has 0 unspecified atom stereocenters. The van der Waals surface area contributed by atoms with Crippen LogP contribution in [0.15, 0.2) is 53.1 Å². The highest BCUT2D eigenvalue weighted by Gasteiger charge is 2.15. The van der Waals surface area contributed by atoms with Gasteiger partial charge in [0.05, 0.1) is 13.0 Å². The number of aryl methyl sites for hydroxylation is 1. The molecule has 124 valence electrons. The second kappa shape index (κ2) is 7.17. The molecule has 5 heteroatoms. The van der Waals surface area contributed by atoms with Crippen molar-refractivity contribution in [3.8, 4) is 5.75 Å². The minimum atomic E-state index is -0.0116. The van der Waals surface area contributed by atoms with Gasteiger partial charge in [-0.15, -0.1) is 0 Å². The Balaban J connectivity index is 1.54. The molecule has 0 aliphatic carbocycles. The van der Waals surface area contributed by atoms with E-state index in [0.717, 1.165) is 16.7 Å². The average molecular weight is 324 g/mol. The van der Waals surface area contributed by atoms with Crippen LogP contribution in [0.4, 0.5) is 0 Å². The van der Waals surface area contributed by atoms with Crippen molar-refractivity contribution >= 4 is 16.9 Å². The molecule has 2 aromatic carbocycles. The minimum absolute atomic E-state index is 0.0116. The third-order valence-corrected chi connectivity index (χ3v) is 3.97. The van der Waals surface area contributed by atoms with Crippen LogP contribution in [-0.2, 0) is 11.2 Å². The van der Waals surface area contributed by atoms with Gasteiger partial charge in [0.25, 0.3) is 0 Å². The normalized spacial score (nSPS) is 10.8. The van der Waals surface area contributed by atoms with Crippen LogP contribution in [0.5, 0.6) is 5.75 Å². The molecule has 0 spiro atoms. The number of rotatable bonds is 6. The van der Waals surface area contributed by atoms with Gasteiger partial charge in [0.2, 0.25) is 5.91 Å². The topological polar surface area (TPSA) is 55.6 Å². The van der Waals surface area contributed by atoms with E-state index in [-0.39, 0.29) is 12.3 Å². The first-order valence-electron chi connectivity index (χ1n) is 7.91. The largest absolute Gasteiger partial charge is 0.491 e. The number of hydrogen-bond donors (Lipinski definition) is 0. The number of amides is 1. The molecule has 0 saturated heterocycles. The fourth-order valence-corrected chi connectivity index (χ4v) is 2.48. The van der Waals surface area contributed by atoms with Crippen molar-refractivity contribution in [2.45, 2.75) is 13.3 Å². The minimum Gasteiger partial charge on any atom is -0.491 e. The summed E-state index contributed by atoms with van der Waals surface area (Å²) in [6.07, 6.45) is 0.220. The molecule has 0 aliphatic heterocycles. The monoisotopic (exact) mass is 324 g/mol. The van der Waals surface area contributed by atoms with E-state index in [4.69, 9.17) is 9.26 Å². The van der Waals surface area contributed by atoms with E-state index in [2.05, 4.69) is 5.16 Å². The molecule has 0 atom stereocenters. The molecular weight excluding hydrogens is 304 g/mol. The summed E-state index contributed by atoms with van der Waals surface area (Å²) >= 11 is 0. The van der Waals surface area contributed by atoms with Gasteiger partial charge in [0.1, 0.15) is 18.1 Å². The molecule has 5 nitrogen and oxygen atoms in total. The second-order valence-electron chi connectivity index (χ2n) is 5.73. The molecule has 0 N–H and O–H groups in total. The molecule has 1 amide bonds. The van der Waals surface area contributed by atoms with Gasteiger partial charge >= 0.3 is 0 Å². The van der Waals surface area contributed by atoms with Gasteiger partial charge < -0.3 is 14.2 Å². The Morgan fingerprint density at radius 2 is 1.92 bits per heavy atom. The van der Waals surface area contributed by atoms with Crippen LogP contribution in [0.3, 0.4) is 0 Å². The van der Waals surface area contributed by atoms with Gasteiger partial charge in [0.15, 0.2) is 5.58 Å². The zero-order valence-electron chi connectivity index (χ0n) is 13.9. The summed E-state index contributed by atoms with van der Waals surface area (Å²) in [6, 6.07) is 15.4.